The Morgan fingerprint density at radius 3 is 2.50 bits per heavy atom. The molecule has 2 aromatic rings. The fraction of sp³-hybridized carbons (Fsp3) is 0.190. The van der Waals surface area contributed by atoms with Crippen molar-refractivity contribution in [2.75, 3.05) is 19.0 Å². The molecule has 1 N–H and O–H groups in total. The number of methoxy groups -OCH3 is 1. The van der Waals surface area contributed by atoms with E-state index in [2.05, 4.69) is 21.2 Å². The van der Waals surface area contributed by atoms with Crippen molar-refractivity contribution in [2.24, 2.45) is 0 Å². The number of hydrogen-bond donors (Lipinski definition) is 1. The van der Waals surface area contributed by atoms with Crippen LogP contribution in [-0.4, -0.2) is 19.6 Å². The summed E-state index contributed by atoms with van der Waals surface area (Å²) in [5.74, 6) is 0.257. The van der Waals surface area contributed by atoms with Crippen molar-refractivity contribution in [1.82, 2.24) is 0 Å². The van der Waals surface area contributed by atoms with Crippen molar-refractivity contribution in [1.29, 1.82) is 10.5 Å². The smallest absolute Gasteiger partial charge is 0.266 e. The van der Waals surface area contributed by atoms with Gasteiger partial charge in [0, 0.05) is 10.2 Å². The lowest BCUT2D eigenvalue weighted by molar-refractivity contribution is -0.112. The van der Waals surface area contributed by atoms with Gasteiger partial charge >= 0.3 is 0 Å². The molecule has 0 aliphatic heterocycles. The number of anilines is 1. The van der Waals surface area contributed by atoms with Gasteiger partial charge in [-0.15, -0.1) is 0 Å². The van der Waals surface area contributed by atoms with Crippen LogP contribution in [0.3, 0.4) is 0 Å². The minimum Gasteiger partial charge on any atom is -0.493 e. The molecule has 0 heterocycles. The highest BCUT2D eigenvalue weighted by Gasteiger charge is 2.14. The molecule has 28 heavy (non-hydrogen) atoms. The number of nitriles is 2. The molecule has 2 aromatic carbocycles. The van der Waals surface area contributed by atoms with E-state index in [1.165, 1.54) is 13.2 Å². The van der Waals surface area contributed by atoms with Crippen molar-refractivity contribution < 1.29 is 14.3 Å². The zero-order valence-electron chi connectivity index (χ0n) is 15.5. The van der Waals surface area contributed by atoms with Crippen LogP contribution in [0.4, 0.5) is 5.69 Å². The number of carbonyl (C=O) groups is 1. The Morgan fingerprint density at radius 2 is 1.93 bits per heavy atom. The average Bonchev–Trinajstić information content (AvgIpc) is 2.71. The van der Waals surface area contributed by atoms with E-state index in [4.69, 9.17) is 14.7 Å². The van der Waals surface area contributed by atoms with Crippen LogP contribution >= 0.6 is 15.9 Å². The van der Waals surface area contributed by atoms with Gasteiger partial charge in [0.1, 0.15) is 17.7 Å². The third-order valence-electron chi connectivity index (χ3n) is 3.86. The maximum absolute atomic E-state index is 12.5. The highest BCUT2D eigenvalue weighted by molar-refractivity contribution is 9.10. The Kier molecular flexibility index (Phi) is 7.62. The second kappa shape index (κ2) is 10.1. The first kappa shape index (κ1) is 21.0. The number of nitrogens with zero attached hydrogens (tertiary/aromatic N) is 2. The van der Waals surface area contributed by atoms with Crippen LogP contribution in [0.15, 0.2) is 46.4 Å². The maximum Gasteiger partial charge on any atom is 0.266 e. The number of halogens is 1. The van der Waals surface area contributed by atoms with Crippen LogP contribution in [0.1, 0.15) is 18.1 Å². The summed E-state index contributed by atoms with van der Waals surface area (Å²) in [7, 11) is 1.47. The van der Waals surface area contributed by atoms with Crippen LogP contribution in [0.25, 0.3) is 6.08 Å². The van der Waals surface area contributed by atoms with Gasteiger partial charge in [-0.3, -0.25) is 4.79 Å². The normalized spacial score (nSPS) is 10.5. The highest BCUT2D eigenvalue weighted by atomic mass is 79.9. The number of aryl methyl sites for hydroxylation is 1. The van der Waals surface area contributed by atoms with E-state index in [0.29, 0.717) is 27.2 Å². The van der Waals surface area contributed by atoms with Gasteiger partial charge in [0.05, 0.1) is 7.11 Å². The largest absolute Gasteiger partial charge is 0.493 e. The van der Waals surface area contributed by atoms with Crippen LogP contribution in [-0.2, 0) is 11.2 Å². The topological polar surface area (TPSA) is 95.1 Å². The molecule has 0 aromatic heterocycles. The van der Waals surface area contributed by atoms with Gasteiger partial charge in [0.25, 0.3) is 5.91 Å². The molecule has 0 spiro atoms. The van der Waals surface area contributed by atoms with E-state index in [1.807, 2.05) is 31.2 Å². The van der Waals surface area contributed by atoms with E-state index in [-0.39, 0.29) is 12.2 Å². The Labute approximate surface area is 172 Å². The van der Waals surface area contributed by atoms with Gasteiger partial charge < -0.3 is 14.8 Å². The number of hydrogen-bond acceptors (Lipinski definition) is 5. The first-order chi connectivity index (χ1) is 13.5. The maximum atomic E-state index is 12.5. The van der Waals surface area contributed by atoms with Gasteiger partial charge in [0.15, 0.2) is 18.1 Å². The summed E-state index contributed by atoms with van der Waals surface area (Å²) in [4.78, 5) is 12.5. The third-order valence-corrected chi connectivity index (χ3v) is 4.55. The summed E-state index contributed by atoms with van der Waals surface area (Å²) < 4.78 is 11.2. The van der Waals surface area contributed by atoms with E-state index >= 15 is 0 Å². The predicted octanol–water partition coefficient (Wildman–Crippen LogP) is 4.47. The van der Waals surface area contributed by atoms with Crippen molar-refractivity contribution in [2.45, 2.75) is 13.3 Å². The molecular formula is C21H18BrN3O3. The standard InChI is InChI=1S/C21H18BrN3O3/c1-3-14-4-6-17(7-5-14)25-21(26)16(13-24)10-15-11-19(27-2)20(12-18(15)22)28-9-8-23/h4-7,10-12H,3,9H2,1-2H3,(H,25,26)/b16-10+. The van der Waals surface area contributed by atoms with Crippen LogP contribution < -0.4 is 14.8 Å². The van der Waals surface area contributed by atoms with Gasteiger partial charge in [0.2, 0.25) is 0 Å². The Balaban J connectivity index is 2.28. The fourth-order valence-corrected chi connectivity index (χ4v) is 2.81. The SMILES string of the molecule is CCc1ccc(NC(=O)/C(C#N)=C/c2cc(OC)c(OCC#N)cc2Br)cc1. The molecule has 6 nitrogen and oxygen atoms in total. The van der Waals surface area contributed by atoms with E-state index in [0.717, 1.165) is 12.0 Å². The second-order valence-corrected chi connectivity index (χ2v) is 6.50. The van der Waals surface area contributed by atoms with Crippen molar-refractivity contribution in [3.8, 4) is 23.6 Å². The van der Waals surface area contributed by atoms with Crippen LogP contribution in [0, 0.1) is 22.7 Å². The van der Waals surface area contributed by atoms with E-state index in [9.17, 15) is 10.1 Å². The number of amides is 1. The van der Waals surface area contributed by atoms with Gasteiger partial charge in [-0.2, -0.15) is 10.5 Å². The van der Waals surface area contributed by atoms with Crippen LogP contribution in [0.2, 0.25) is 0 Å². The monoisotopic (exact) mass is 439 g/mol. The first-order valence-corrected chi connectivity index (χ1v) is 9.21. The van der Waals surface area contributed by atoms with Gasteiger partial charge in [-0.1, -0.05) is 35.0 Å². The molecule has 1 amide bonds. The molecule has 2 rings (SSSR count). The quantitative estimate of drug-likeness (QED) is 0.507. The highest BCUT2D eigenvalue weighted by Crippen LogP contribution is 2.34. The lowest BCUT2D eigenvalue weighted by Gasteiger charge is -2.11. The molecule has 0 fully saturated rings. The predicted molar refractivity (Wildman–Crippen MR) is 110 cm³/mol. The molecule has 0 saturated carbocycles. The number of rotatable bonds is 7. The summed E-state index contributed by atoms with van der Waals surface area (Å²) in [5, 5.41) is 20.8. The molecule has 0 radical (unpaired) electrons. The lowest BCUT2D eigenvalue weighted by Crippen LogP contribution is -2.13. The first-order valence-electron chi connectivity index (χ1n) is 8.41. The Hall–Kier alpha value is -3.29. The third kappa shape index (κ3) is 5.35. The minimum atomic E-state index is -0.512. The average molecular weight is 440 g/mol. The van der Waals surface area contributed by atoms with Crippen molar-refractivity contribution in [3.05, 3.63) is 57.6 Å². The molecule has 0 aliphatic rings. The zero-order chi connectivity index (χ0) is 20.5. The van der Waals surface area contributed by atoms with Gasteiger partial charge in [-0.25, -0.2) is 0 Å². The summed E-state index contributed by atoms with van der Waals surface area (Å²) in [6, 6.07) is 14.5. The summed E-state index contributed by atoms with van der Waals surface area (Å²) in [6.07, 6.45) is 2.36. The number of nitrogens with one attached hydrogen (secondary N) is 1. The summed E-state index contributed by atoms with van der Waals surface area (Å²) in [5.41, 5.74) is 2.27. The molecule has 0 aliphatic carbocycles. The number of benzene rings is 2. The van der Waals surface area contributed by atoms with E-state index in [1.54, 1.807) is 24.3 Å². The zero-order valence-corrected chi connectivity index (χ0v) is 17.0. The summed E-state index contributed by atoms with van der Waals surface area (Å²) in [6.45, 7) is 1.92. The minimum absolute atomic E-state index is 0.0620. The molecule has 7 heteroatoms. The molecule has 142 valence electrons. The Morgan fingerprint density at radius 1 is 1.21 bits per heavy atom. The van der Waals surface area contributed by atoms with E-state index < -0.39 is 5.91 Å². The molecule has 0 atom stereocenters. The second-order valence-electron chi connectivity index (χ2n) is 5.65. The molecule has 0 saturated heterocycles. The molecule has 0 unspecified atom stereocenters. The number of carbonyl (C=O) groups excluding carboxylic acids is 1. The number of ether oxygens (including phenoxy) is 2. The summed E-state index contributed by atoms with van der Waals surface area (Å²) >= 11 is 3.39. The Bertz CT molecular complexity index is 970. The fourth-order valence-electron chi connectivity index (χ4n) is 2.37. The molecular weight excluding hydrogens is 422 g/mol. The van der Waals surface area contributed by atoms with Crippen molar-refractivity contribution >= 4 is 33.6 Å². The van der Waals surface area contributed by atoms with Gasteiger partial charge in [-0.05, 0) is 47.9 Å². The van der Waals surface area contributed by atoms with Crippen molar-refractivity contribution in [3.63, 3.8) is 0 Å². The molecule has 0 bridgehead atoms. The lowest BCUT2D eigenvalue weighted by atomic mass is 10.1. The van der Waals surface area contributed by atoms with Crippen LogP contribution in [0.5, 0.6) is 11.5 Å².